The molecule has 0 aromatic carbocycles. The predicted octanol–water partition coefficient (Wildman–Crippen LogP) is 2.65. The molecule has 1 aliphatic rings. The fourth-order valence-corrected chi connectivity index (χ4v) is 4.37. The van der Waals surface area contributed by atoms with E-state index in [1.54, 1.807) is 6.20 Å². The average Bonchev–Trinajstić information content (AvgIpc) is 3.02. The molecule has 7 heteroatoms. The van der Waals surface area contributed by atoms with Crippen molar-refractivity contribution in [3.8, 4) is 0 Å². The van der Waals surface area contributed by atoms with Crippen molar-refractivity contribution >= 4 is 34.1 Å². The van der Waals surface area contributed by atoms with Crippen LogP contribution in [0.5, 0.6) is 0 Å². The third-order valence-corrected chi connectivity index (χ3v) is 5.61. The lowest BCUT2D eigenvalue weighted by molar-refractivity contribution is -0.149. The second kappa shape index (κ2) is 7.10. The van der Waals surface area contributed by atoms with Crippen molar-refractivity contribution in [2.75, 3.05) is 0 Å². The number of aliphatic hydroxyl groups is 1. The van der Waals surface area contributed by atoms with Gasteiger partial charge in [0.05, 0.1) is 17.5 Å². The van der Waals surface area contributed by atoms with Crippen LogP contribution in [0.4, 0.5) is 0 Å². The molecule has 0 fully saturated rings. The maximum atomic E-state index is 12.3. The number of aromatic nitrogens is 1. The molecule has 2 heterocycles. The molecule has 1 aliphatic heterocycles. The Morgan fingerprint density at radius 1 is 1.36 bits per heavy atom. The molecule has 3 unspecified atom stereocenters. The van der Waals surface area contributed by atoms with Gasteiger partial charge in [-0.05, 0) is 26.7 Å². The van der Waals surface area contributed by atoms with Crippen molar-refractivity contribution in [2.24, 2.45) is 10.9 Å². The third-order valence-electron chi connectivity index (χ3n) is 3.23. The Balaban J connectivity index is 2.26. The van der Waals surface area contributed by atoms with E-state index in [9.17, 15) is 9.90 Å². The Kier molecular flexibility index (Phi) is 5.63. The number of hydrogen-bond donors (Lipinski definition) is 1. The second-order valence-electron chi connectivity index (χ2n) is 5.96. The van der Waals surface area contributed by atoms with Crippen LogP contribution in [0.25, 0.3) is 0 Å². The lowest BCUT2D eigenvalue weighted by Gasteiger charge is -2.24. The first kappa shape index (κ1) is 17.4. The number of rotatable bonds is 5. The number of aliphatic imine (C=N–C) groups is 1. The van der Waals surface area contributed by atoms with Crippen molar-refractivity contribution < 1.29 is 14.6 Å². The Labute approximate surface area is 139 Å². The molecule has 22 heavy (non-hydrogen) atoms. The number of hydrogen-bond acceptors (Lipinski definition) is 7. The van der Waals surface area contributed by atoms with E-state index in [0.29, 0.717) is 5.04 Å². The summed E-state index contributed by atoms with van der Waals surface area (Å²) in [5, 5.41) is 11.6. The Morgan fingerprint density at radius 2 is 2.05 bits per heavy atom. The Bertz CT molecular complexity index is 569. The van der Waals surface area contributed by atoms with Crippen LogP contribution in [0.1, 0.15) is 37.6 Å². The van der Waals surface area contributed by atoms with Gasteiger partial charge in [0.1, 0.15) is 10.1 Å². The number of thioether (sulfide) groups is 1. The molecule has 1 aromatic heterocycles. The lowest BCUT2D eigenvalue weighted by atomic mass is 9.99. The molecule has 122 valence electrons. The van der Waals surface area contributed by atoms with Gasteiger partial charge in [0.15, 0.2) is 6.04 Å². The van der Waals surface area contributed by atoms with Gasteiger partial charge in [-0.25, -0.2) is 9.78 Å². The number of esters is 1. The summed E-state index contributed by atoms with van der Waals surface area (Å²) < 4.78 is 5.30. The predicted molar refractivity (Wildman–Crippen MR) is 90.6 cm³/mol. The summed E-state index contributed by atoms with van der Waals surface area (Å²) in [5.74, 6) is -0.338. The molecule has 0 radical (unpaired) electrons. The molecule has 5 nitrogen and oxygen atoms in total. The van der Waals surface area contributed by atoms with Gasteiger partial charge in [0, 0.05) is 11.1 Å². The van der Waals surface area contributed by atoms with E-state index in [-0.39, 0.29) is 23.2 Å². The van der Waals surface area contributed by atoms with Crippen LogP contribution in [-0.2, 0) is 9.53 Å². The first-order chi connectivity index (χ1) is 10.3. The SMILES string of the molecule is Cc1cnc(C2=NC(C(=O)OC(C)C)C(C(O)C(C)C)S2)s1. The molecule has 0 saturated carbocycles. The molecule has 1 N–H and O–H groups in total. The van der Waals surface area contributed by atoms with Crippen LogP contribution in [-0.4, -0.2) is 44.6 Å². The number of carbonyl (C=O) groups excluding carboxylic acids is 1. The minimum absolute atomic E-state index is 0.0411. The van der Waals surface area contributed by atoms with Crippen molar-refractivity contribution in [2.45, 2.75) is 58.1 Å². The number of ether oxygens (including phenoxy) is 1. The summed E-state index contributed by atoms with van der Waals surface area (Å²) in [6.07, 6.45) is 0.962. The molecule has 0 bridgehead atoms. The zero-order chi connectivity index (χ0) is 16.4. The van der Waals surface area contributed by atoms with E-state index >= 15 is 0 Å². The largest absolute Gasteiger partial charge is 0.461 e. The van der Waals surface area contributed by atoms with E-state index < -0.39 is 12.1 Å². The molecule has 0 aliphatic carbocycles. The van der Waals surface area contributed by atoms with E-state index in [2.05, 4.69) is 9.98 Å². The van der Waals surface area contributed by atoms with Crippen LogP contribution >= 0.6 is 23.1 Å². The van der Waals surface area contributed by atoms with E-state index in [1.807, 2.05) is 34.6 Å². The van der Waals surface area contributed by atoms with Crippen molar-refractivity contribution in [3.05, 3.63) is 16.1 Å². The fourth-order valence-electron chi connectivity index (χ4n) is 2.11. The highest BCUT2D eigenvalue weighted by Gasteiger charge is 2.43. The standard InChI is InChI=1S/C15H22N2O3S2/c1-7(2)11(18)12-10(15(19)20-8(3)4)17-14(22-12)13-16-6-9(5)21-13/h6-8,10-12,18H,1-5H3. The zero-order valence-corrected chi connectivity index (χ0v) is 15.1. The van der Waals surface area contributed by atoms with Gasteiger partial charge in [0.25, 0.3) is 0 Å². The molecular formula is C15H22N2O3S2. The van der Waals surface area contributed by atoms with E-state index in [1.165, 1.54) is 23.1 Å². The number of thiazole rings is 1. The molecular weight excluding hydrogens is 320 g/mol. The normalized spacial score (nSPS) is 23.0. The van der Waals surface area contributed by atoms with Gasteiger partial charge < -0.3 is 9.84 Å². The summed E-state index contributed by atoms with van der Waals surface area (Å²) >= 11 is 2.96. The van der Waals surface area contributed by atoms with Crippen LogP contribution < -0.4 is 0 Å². The summed E-state index contributed by atoms with van der Waals surface area (Å²) in [6, 6.07) is -0.677. The number of aryl methyl sites for hydroxylation is 1. The topological polar surface area (TPSA) is 71.8 Å². The summed E-state index contributed by atoms with van der Waals surface area (Å²) in [5.41, 5.74) is 0. The van der Waals surface area contributed by atoms with Gasteiger partial charge in [-0.1, -0.05) is 25.6 Å². The quantitative estimate of drug-likeness (QED) is 0.833. The highest BCUT2D eigenvalue weighted by atomic mass is 32.2. The molecule has 1 aromatic rings. The molecule has 3 atom stereocenters. The first-order valence-corrected chi connectivity index (χ1v) is 9.05. The number of aliphatic hydroxyl groups excluding tert-OH is 1. The van der Waals surface area contributed by atoms with Crippen molar-refractivity contribution in [1.82, 2.24) is 4.98 Å². The van der Waals surface area contributed by atoms with Crippen LogP contribution in [0, 0.1) is 12.8 Å². The van der Waals surface area contributed by atoms with E-state index in [0.717, 1.165) is 9.88 Å². The number of nitrogens with zero attached hydrogens (tertiary/aromatic N) is 2. The Morgan fingerprint density at radius 3 is 2.55 bits per heavy atom. The highest BCUT2D eigenvalue weighted by molar-refractivity contribution is 8.15. The summed E-state index contributed by atoms with van der Waals surface area (Å²) in [4.78, 5) is 22.2. The lowest BCUT2D eigenvalue weighted by Crippen LogP contribution is -2.40. The molecule has 0 spiro atoms. The van der Waals surface area contributed by atoms with Crippen LogP contribution in [0.15, 0.2) is 11.2 Å². The monoisotopic (exact) mass is 342 g/mol. The van der Waals surface area contributed by atoms with Crippen molar-refractivity contribution in [3.63, 3.8) is 0 Å². The smallest absolute Gasteiger partial charge is 0.332 e. The van der Waals surface area contributed by atoms with Crippen molar-refractivity contribution in [1.29, 1.82) is 0 Å². The van der Waals surface area contributed by atoms with Gasteiger partial charge in [-0.15, -0.1) is 11.3 Å². The second-order valence-corrected chi connectivity index (χ2v) is 8.36. The summed E-state index contributed by atoms with van der Waals surface area (Å²) in [7, 11) is 0. The zero-order valence-electron chi connectivity index (χ0n) is 13.4. The maximum absolute atomic E-state index is 12.3. The average molecular weight is 342 g/mol. The van der Waals surface area contributed by atoms with Gasteiger partial charge in [0.2, 0.25) is 0 Å². The Hall–Kier alpha value is -0.920. The maximum Gasteiger partial charge on any atom is 0.332 e. The van der Waals surface area contributed by atoms with Gasteiger partial charge >= 0.3 is 5.97 Å². The highest BCUT2D eigenvalue weighted by Crippen LogP contribution is 2.36. The summed E-state index contributed by atoms with van der Waals surface area (Å²) in [6.45, 7) is 9.46. The van der Waals surface area contributed by atoms with Gasteiger partial charge in [-0.2, -0.15) is 0 Å². The molecule has 0 amide bonds. The fraction of sp³-hybridized carbons (Fsp3) is 0.667. The third kappa shape index (κ3) is 3.88. The molecule has 0 saturated heterocycles. The van der Waals surface area contributed by atoms with Crippen LogP contribution in [0.2, 0.25) is 0 Å². The first-order valence-electron chi connectivity index (χ1n) is 7.35. The van der Waals surface area contributed by atoms with Gasteiger partial charge in [-0.3, -0.25) is 4.99 Å². The molecule has 2 rings (SSSR count). The minimum atomic E-state index is -0.677. The van der Waals surface area contributed by atoms with Crippen LogP contribution in [0.3, 0.4) is 0 Å². The van der Waals surface area contributed by atoms with E-state index in [4.69, 9.17) is 4.74 Å². The number of carbonyl (C=O) groups is 1. The minimum Gasteiger partial charge on any atom is -0.461 e.